The average molecular weight is 463 g/mol. The molecule has 3 aromatic rings. The molecule has 1 N–H and O–H groups in total. The zero-order chi connectivity index (χ0) is 21.3. The highest BCUT2D eigenvalue weighted by atomic mass is 79.9. The Kier molecular flexibility index (Phi) is 7.25. The fourth-order valence-corrected chi connectivity index (χ4v) is 3.22. The zero-order valence-corrected chi connectivity index (χ0v) is 17.8. The van der Waals surface area contributed by atoms with Crippen LogP contribution in [-0.2, 0) is 11.4 Å². The predicted molar refractivity (Wildman–Crippen MR) is 120 cm³/mol. The molecule has 150 valence electrons. The molecule has 0 aliphatic heterocycles. The lowest BCUT2D eigenvalue weighted by Crippen LogP contribution is -2.13. The van der Waals surface area contributed by atoms with Gasteiger partial charge in [-0.1, -0.05) is 36.4 Å². The van der Waals surface area contributed by atoms with Gasteiger partial charge in [-0.15, -0.1) is 0 Å². The number of carbonyl (C=O) groups is 1. The second-order valence-electron chi connectivity index (χ2n) is 6.32. The number of hydrogen-bond donors (Lipinski definition) is 1. The van der Waals surface area contributed by atoms with E-state index in [1.165, 1.54) is 6.08 Å². The number of amides is 1. The minimum Gasteiger partial charge on any atom is -0.496 e. The fourth-order valence-electron chi connectivity index (χ4n) is 2.66. The Morgan fingerprint density at radius 3 is 2.47 bits per heavy atom. The molecule has 0 spiro atoms. The van der Waals surface area contributed by atoms with Gasteiger partial charge in [-0.25, -0.2) is 0 Å². The molecule has 0 unspecified atom stereocenters. The number of nitriles is 1. The van der Waals surface area contributed by atoms with E-state index in [4.69, 9.17) is 9.47 Å². The number of hydrogen-bond acceptors (Lipinski definition) is 4. The minimum absolute atomic E-state index is 0.00327. The summed E-state index contributed by atoms with van der Waals surface area (Å²) in [6, 6.07) is 24.1. The summed E-state index contributed by atoms with van der Waals surface area (Å²) < 4.78 is 11.7. The third kappa shape index (κ3) is 5.72. The molecule has 0 aromatic heterocycles. The predicted octanol–water partition coefficient (Wildman–Crippen LogP) is 5.58. The summed E-state index contributed by atoms with van der Waals surface area (Å²) in [4.78, 5) is 12.5. The van der Waals surface area contributed by atoms with Gasteiger partial charge in [0.1, 0.15) is 29.7 Å². The van der Waals surface area contributed by atoms with Gasteiger partial charge in [0.05, 0.1) is 11.6 Å². The molecule has 0 bridgehead atoms. The molecular weight excluding hydrogens is 444 g/mol. The summed E-state index contributed by atoms with van der Waals surface area (Å²) in [5.41, 5.74) is 2.35. The normalized spacial score (nSPS) is 10.8. The molecule has 0 saturated heterocycles. The van der Waals surface area contributed by atoms with E-state index in [1.807, 2.05) is 36.4 Å². The molecule has 6 heteroatoms. The quantitative estimate of drug-likeness (QED) is 0.367. The van der Waals surface area contributed by atoms with Crippen molar-refractivity contribution in [2.45, 2.75) is 6.61 Å². The lowest BCUT2D eigenvalue weighted by Gasteiger charge is -2.08. The summed E-state index contributed by atoms with van der Waals surface area (Å²) in [7, 11) is 1.57. The van der Waals surface area contributed by atoms with Gasteiger partial charge in [-0.2, -0.15) is 5.26 Å². The fraction of sp³-hybridized carbons (Fsp3) is 0.0833. The van der Waals surface area contributed by atoms with Gasteiger partial charge < -0.3 is 14.8 Å². The Bertz CT molecular complexity index is 1090. The van der Waals surface area contributed by atoms with E-state index in [-0.39, 0.29) is 5.57 Å². The van der Waals surface area contributed by atoms with Crippen LogP contribution in [0, 0.1) is 11.3 Å². The van der Waals surface area contributed by atoms with Crippen LogP contribution in [0.25, 0.3) is 6.08 Å². The Morgan fingerprint density at radius 2 is 1.83 bits per heavy atom. The highest BCUT2D eigenvalue weighted by Gasteiger charge is 2.10. The maximum atomic E-state index is 12.5. The molecule has 30 heavy (non-hydrogen) atoms. The van der Waals surface area contributed by atoms with E-state index in [1.54, 1.807) is 49.6 Å². The molecule has 3 aromatic carbocycles. The Morgan fingerprint density at radius 1 is 1.10 bits per heavy atom. The topological polar surface area (TPSA) is 71.3 Å². The van der Waals surface area contributed by atoms with E-state index in [0.29, 0.717) is 29.4 Å². The van der Waals surface area contributed by atoms with Gasteiger partial charge in [0.25, 0.3) is 5.91 Å². The van der Waals surface area contributed by atoms with Crippen molar-refractivity contribution in [3.63, 3.8) is 0 Å². The molecule has 1 amide bonds. The number of carbonyl (C=O) groups excluding carboxylic acids is 1. The van der Waals surface area contributed by atoms with Gasteiger partial charge in [-0.05, 0) is 69.5 Å². The van der Waals surface area contributed by atoms with Crippen LogP contribution in [0.5, 0.6) is 11.5 Å². The summed E-state index contributed by atoms with van der Waals surface area (Å²) in [6.45, 7) is 0.464. The zero-order valence-electron chi connectivity index (χ0n) is 16.3. The summed E-state index contributed by atoms with van der Waals surface area (Å²) in [5.74, 6) is 0.878. The number of nitrogens with zero attached hydrogens (tertiary/aromatic N) is 1. The van der Waals surface area contributed by atoms with Gasteiger partial charge >= 0.3 is 0 Å². The number of nitrogens with one attached hydrogen (secondary N) is 1. The molecule has 0 aliphatic carbocycles. The van der Waals surface area contributed by atoms with Crippen molar-refractivity contribution in [2.75, 3.05) is 12.4 Å². The van der Waals surface area contributed by atoms with Crippen LogP contribution in [-0.4, -0.2) is 13.0 Å². The molecule has 0 radical (unpaired) electrons. The van der Waals surface area contributed by atoms with Crippen molar-refractivity contribution in [2.24, 2.45) is 0 Å². The maximum Gasteiger partial charge on any atom is 0.266 e. The lowest BCUT2D eigenvalue weighted by atomic mass is 10.1. The van der Waals surface area contributed by atoms with E-state index in [0.717, 1.165) is 10.0 Å². The average Bonchev–Trinajstić information content (AvgIpc) is 2.77. The van der Waals surface area contributed by atoms with Crippen LogP contribution in [0.1, 0.15) is 11.1 Å². The van der Waals surface area contributed by atoms with E-state index in [9.17, 15) is 10.1 Å². The molecule has 0 aliphatic rings. The molecule has 3 rings (SSSR count). The first-order valence-corrected chi connectivity index (χ1v) is 9.92. The Labute approximate surface area is 183 Å². The first kappa shape index (κ1) is 21.2. The summed E-state index contributed by atoms with van der Waals surface area (Å²) >= 11 is 3.39. The second-order valence-corrected chi connectivity index (χ2v) is 7.17. The first-order chi connectivity index (χ1) is 14.6. The van der Waals surface area contributed by atoms with Crippen LogP contribution in [0.3, 0.4) is 0 Å². The molecule has 0 fully saturated rings. The molecule has 0 saturated carbocycles. The monoisotopic (exact) mass is 462 g/mol. The number of methoxy groups -OCH3 is 1. The second kappa shape index (κ2) is 10.3. The van der Waals surface area contributed by atoms with Crippen molar-refractivity contribution in [3.8, 4) is 17.6 Å². The van der Waals surface area contributed by atoms with E-state index >= 15 is 0 Å². The van der Waals surface area contributed by atoms with E-state index in [2.05, 4.69) is 21.2 Å². The van der Waals surface area contributed by atoms with Crippen molar-refractivity contribution >= 4 is 33.6 Å². The van der Waals surface area contributed by atoms with Crippen molar-refractivity contribution < 1.29 is 14.3 Å². The minimum atomic E-state index is -0.484. The maximum absolute atomic E-state index is 12.5. The van der Waals surface area contributed by atoms with Crippen LogP contribution in [0.15, 0.2) is 82.8 Å². The SMILES string of the molecule is COc1ccc(/C=C(\C#N)C(=O)Nc2ccc(OCc3ccccc3)cc2)cc1Br. The molecular formula is C24H19BrN2O3. The summed E-state index contributed by atoms with van der Waals surface area (Å²) in [6.07, 6.45) is 1.52. The molecule has 5 nitrogen and oxygen atoms in total. The number of halogens is 1. The van der Waals surface area contributed by atoms with Gasteiger partial charge in [0.15, 0.2) is 0 Å². The van der Waals surface area contributed by atoms with Gasteiger partial charge in [0.2, 0.25) is 0 Å². The Hall–Kier alpha value is -3.56. The third-order valence-electron chi connectivity index (χ3n) is 4.21. The van der Waals surface area contributed by atoms with Crippen molar-refractivity contribution in [3.05, 3.63) is 94.0 Å². The number of rotatable bonds is 7. The van der Waals surface area contributed by atoms with Gasteiger partial charge in [-0.3, -0.25) is 4.79 Å². The third-order valence-corrected chi connectivity index (χ3v) is 4.83. The first-order valence-electron chi connectivity index (χ1n) is 9.12. The smallest absolute Gasteiger partial charge is 0.266 e. The van der Waals surface area contributed by atoms with Crippen LogP contribution >= 0.6 is 15.9 Å². The largest absolute Gasteiger partial charge is 0.496 e. The Balaban J connectivity index is 1.63. The summed E-state index contributed by atoms with van der Waals surface area (Å²) in [5, 5.41) is 12.1. The highest BCUT2D eigenvalue weighted by molar-refractivity contribution is 9.10. The standard InChI is InChI=1S/C24H19BrN2O3/c1-29-23-12-7-18(14-22(23)25)13-19(15-26)24(28)27-20-8-10-21(11-9-20)30-16-17-5-3-2-4-6-17/h2-14H,16H2,1H3,(H,27,28)/b19-13+. The van der Waals surface area contributed by atoms with Crippen LogP contribution < -0.4 is 14.8 Å². The van der Waals surface area contributed by atoms with Gasteiger partial charge in [0, 0.05) is 5.69 Å². The number of benzene rings is 3. The molecule has 0 heterocycles. The van der Waals surface area contributed by atoms with Crippen molar-refractivity contribution in [1.82, 2.24) is 0 Å². The van der Waals surface area contributed by atoms with Crippen molar-refractivity contribution in [1.29, 1.82) is 5.26 Å². The number of ether oxygens (including phenoxy) is 2. The highest BCUT2D eigenvalue weighted by Crippen LogP contribution is 2.26. The molecule has 0 atom stereocenters. The number of anilines is 1. The van der Waals surface area contributed by atoms with Crippen LogP contribution in [0.4, 0.5) is 5.69 Å². The lowest BCUT2D eigenvalue weighted by molar-refractivity contribution is -0.112. The van der Waals surface area contributed by atoms with Crippen LogP contribution in [0.2, 0.25) is 0 Å². The van der Waals surface area contributed by atoms with E-state index < -0.39 is 5.91 Å².